The number of hydrogen-bond acceptors (Lipinski definition) is 5. The Labute approximate surface area is 122 Å². The molecule has 0 bridgehead atoms. The second-order valence-electron chi connectivity index (χ2n) is 4.25. The van der Waals surface area contributed by atoms with Gasteiger partial charge in [-0.1, -0.05) is 11.6 Å². The topological polar surface area (TPSA) is 84.8 Å². The van der Waals surface area contributed by atoms with Crippen molar-refractivity contribution in [2.45, 2.75) is 13.3 Å². The monoisotopic (exact) mass is 288 g/mol. The van der Waals surface area contributed by atoms with Crippen LogP contribution in [0.15, 0.2) is 18.2 Å². The van der Waals surface area contributed by atoms with E-state index in [4.69, 9.17) is 27.3 Å². The molecule has 0 aliphatic rings. The number of nitrogen functional groups attached to an aromatic ring is 1. The first kappa shape index (κ1) is 14.1. The zero-order chi connectivity index (χ0) is 14.7. The number of nitriles is 1. The molecule has 102 valence electrons. The predicted molar refractivity (Wildman–Crippen MR) is 76.7 cm³/mol. The molecule has 0 unspecified atom stereocenters. The Morgan fingerprint density at radius 2 is 2.15 bits per heavy atom. The van der Waals surface area contributed by atoms with Crippen molar-refractivity contribution in [3.05, 3.63) is 45.7 Å². The molecule has 6 heteroatoms. The molecule has 5 nitrogen and oxygen atoms in total. The summed E-state index contributed by atoms with van der Waals surface area (Å²) in [6.45, 7) is 1.82. The third-order valence-electron chi connectivity index (χ3n) is 2.96. The average Bonchev–Trinajstić information content (AvgIpc) is 2.42. The Balaban J connectivity index is 2.47. The number of anilines is 1. The minimum Gasteiger partial charge on any atom is -0.496 e. The summed E-state index contributed by atoms with van der Waals surface area (Å²) < 4.78 is 5.30. The van der Waals surface area contributed by atoms with Crippen molar-refractivity contribution in [3.8, 4) is 11.8 Å². The fourth-order valence-corrected chi connectivity index (χ4v) is 2.25. The van der Waals surface area contributed by atoms with Crippen LogP contribution in [-0.2, 0) is 6.42 Å². The van der Waals surface area contributed by atoms with Crippen LogP contribution in [0.3, 0.4) is 0 Å². The summed E-state index contributed by atoms with van der Waals surface area (Å²) in [5.41, 5.74) is 8.45. The van der Waals surface area contributed by atoms with E-state index in [9.17, 15) is 0 Å². The van der Waals surface area contributed by atoms with E-state index in [1.807, 2.05) is 6.92 Å². The Morgan fingerprint density at radius 3 is 2.75 bits per heavy atom. The summed E-state index contributed by atoms with van der Waals surface area (Å²) >= 11 is 6.12. The van der Waals surface area contributed by atoms with Crippen LogP contribution in [0.2, 0.25) is 5.15 Å². The van der Waals surface area contributed by atoms with Gasteiger partial charge in [-0.25, -0.2) is 9.97 Å². The number of ether oxygens (including phenoxy) is 1. The number of rotatable bonds is 3. The van der Waals surface area contributed by atoms with Crippen LogP contribution in [0, 0.1) is 18.3 Å². The van der Waals surface area contributed by atoms with Crippen molar-refractivity contribution in [3.63, 3.8) is 0 Å². The summed E-state index contributed by atoms with van der Waals surface area (Å²) in [4.78, 5) is 8.06. The van der Waals surface area contributed by atoms with Gasteiger partial charge in [0.1, 0.15) is 10.9 Å². The molecule has 1 aromatic carbocycles. The molecular weight excluding hydrogens is 276 g/mol. The van der Waals surface area contributed by atoms with Gasteiger partial charge in [0.25, 0.3) is 0 Å². The lowest BCUT2D eigenvalue weighted by Crippen LogP contribution is -2.04. The van der Waals surface area contributed by atoms with Gasteiger partial charge in [-0.3, -0.25) is 0 Å². The lowest BCUT2D eigenvalue weighted by atomic mass is 10.0. The second-order valence-corrected chi connectivity index (χ2v) is 4.61. The van der Waals surface area contributed by atoms with E-state index in [2.05, 4.69) is 16.0 Å². The number of benzene rings is 1. The standard InChI is InChI=1S/C14H13ClN4O/c1-8-11(13(15)19-14(17)18-8)6-10-5-9(7-16)3-4-12(10)20-2/h3-5H,6H2,1-2H3,(H2,17,18,19). The molecule has 2 aromatic rings. The molecule has 0 saturated heterocycles. The van der Waals surface area contributed by atoms with E-state index in [0.717, 1.165) is 11.1 Å². The van der Waals surface area contributed by atoms with Gasteiger partial charge in [0, 0.05) is 17.7 Å². The molecule has 20 heavy (non-hydrogen) atoms. The first-order chi connectivity index (χ1) is 9.55. The summed E-state index contributed by atoms with van der Waals surface area (Å²) in [6.07, 6.45) is 0.476. The lowest BCUT2D eigenvalue weighted by molar-refractivity contribution is 0.410. The van der Waals surface area contributed by atoms with E-state index in [0.29, 0.717) is 28.6 Å². The second kappa shape index (κ2) is 5.76. The van der Waals surface area contributed by atoms with Crippen LogP contribution in [-0.4, -0.2) is 17.1 Å². The maximum Gasteiger partial charge on any atom is 0.221 e. The highest BCUT2D eigenvalue weighted by Gasteiger charge is 2.13. The minimum absolute atomic E-state index is 0.147. The van der Waals surface area contributed by atoms with Crippen molar-refractivity contribution in [2.24, 2.45) is 0 Å². The summed E-state index contributed by atoms with van der Waals surface area (Å²) in [7, 11) is 1.58. The number of halogens is 1. The van der Waals surface area contributed by atoms with Gasteiger partial charge >= 0.3 is 0 Å². The average molecular weight is 289 g/mol. The molecule has 0 aliphatic heterocycles. The van der Waals surface area contributed by atoms with E-state index < -0.39 is 0 Å². The molecule has 1 heterocycles. The molecule has 0 spiro atoms. The zero-order valence-corrected chi connectivity index (χ0v) is 11.9. The van der Waals surface area contributed by atoms with Crippen LogP contribution in [0.5, 0.6) is 5.75 Å². The summed E-state index contributed by atoms with van der Waals surface area (Å²) in [5, 5.41) is 9.30. The Hall–Kier alpha value is -2.32. The lowest BCUT2D eigenvalue weighted by Gasteiger charge is -2.11. The van der Waals surface area contributed by atoms with Crippen molar-refractivity contribution >= 4 is 17.5 Å². The van der Waals surface area contributed by atoms with E-state index >= 15 is 0 Å². The molecule has 1 aromatic heterocycles. The van der Waals surface area contributed by atoms with E-state index in [1.165, 1.54) is 0 Å². The molecule has 0 radical (unpaired) electrons. The third-order valence-corrected chi connectivity index (χ3v) is 3.27. The largest absolute Gasteiger partial charge is 0.496 e. The Bertz CT molecular complexity index is 671. The normalized spacial score (nSPS) is 10.1. The predicted octanol–water partition coefficient (Wildman–Crippen LogP) is 2.49. The zero-order valence-electron chi connectivity index (χ0n) is 11.1. The van der Waals surface area contributed by atoms with Gasteiger partial charge in [0.2, 0.25) is 5.95 Å². The number of aromatic nitrogens is 2. The van der Waals surface area contributed by atoms with Gasteiger partial charge in [-0.15, -0.1) is 0 Å². The van der Waals surface area contributed by atoms with Gasteiger partial charge < -0.3 is 10.5 Å². The number of aryl methyl sites for hydroxylation is 1. The van der Waals surface area contributed by atoms with E-state index in [-0.39, 0.29) is 5.95 Å². The first-order valence-corrected chi connectivity index (χ1v) is 6.28. The fraction of sp³-hybridized carbons (Fsp3) is 0.214. The Morgan fingerprint density at radius 1 is 1.40 bits per heavy atom. The van der Waals surface area contributed by atoms with Crippen molar-refractivity contribution in [1.82, 2.24) is 9.97 Å². The highest BCUT2D eigenvalue weighted by atomic mass is 35.5. The van der Waals surface area contributed by atoms with Crippen molar-refractivity contribution in [2.75, 3.05) is 12.8 Å². The molecule has 0 saturated carbocycles. The molecular formula is C14H13ClN4O. The van der Waals surface area contributed by atoms with Crippen LogP contribution in [0.25, 0.3) is 0 Å². The SMILES string of the molecule is COc1ccc(C#N)cc1Cc1c(C)nc(N)nc1Cl. The third kappa shape index (κ3) is 2.81. The van der Waals surface area contributed by atoms with Crippen LogP contribution in [0.1, 0.15) is 22.4 Å². The minimum atomic E-state index is 0.147. The summed E-state index contributed by atoms with van der Waals surface area (Å²) in [5.74, 6) is 0.838. The maximum atomic E-state index is 8.98. The van der Waals surface area contributed by atoms with Gasteiger partial charge in [0.05, 0.1) is 18.7 Å². The number of hydrogen-bond donors (Lipinski definition) is 1. The highest BCUT2D eigenvalue weighted by Crippen LogP contribution is 2.27. The quantitative estimate of drug-likeness (QED) is 0.877. The smallest absolute Gasteiger partial charge is 0.221 e. The van der Waals surface area contributed by atoms with Crippen LogP contribution < -0.4 is 10.5 Å². The number of nitrogens with zero attached hydrogens (tertiary/aromatic N) is 3. The molecule has 0 atom stereocenters. The first-order valence-electron chi connectivity index (χ1n) is 5.90. The van der Waals surface area contributed by atoms with Crippen molar-refractivity contribution in [1.29, 1.82) is 5.26 Å². The molecule has 2 rings (SSSR count). The molecule has 0 aliphatic carbocycles. The van der Waals surface area contributed by atoms with Gasteiger partial charge in [-0.2, -0.15) is 5.26 Å². The number of nitrogens with two attached hydrogens (primary N) is 1. The number of methoxy groups -OCH3 is 1. The highest BCUT2D eigenvalue weighted by molar-refractivity contribution is 6.30. The molecule has 2 N–H and O–H groups in total. The Kier molecular flexibility index (Phi) is 4.06. The van der Waals surface area contributed by atoms with E-state index in [1.54, 1.807) is 25.3 Å². The van der Waals surface area contributed by atoms with Crippen molar-refractivity contribution < 1.29 is 4.74 Å². The van der Waals surface area contributed by atoms with Crippen LogP contribution in [0.4, 0.5) is 5.95 Å². The summed E-state index contributed by atoms with van der Waals surface area (Å²) in [6, 6.07) is 7.34. The van der Waals surface area contributed by atoms with Gasteiger partial charge in [0.15, 0.2) is 0 Å². The molecule has 0 amide bonds. The molecule has 0 fully saturated rings. The fourth-order valence-electron chi connectivity index (χ4n) is 1.96. The maximum absolute atomic E-state index is 8.98. The van der Waals surface area contributed by atoms with Gasteiger partial charge in [-0.05, 0) is 30.7 Å². The van der Waals surface area contributed by atoms with Crippen LogP contribution >= 0.6 is 11.6 Å².